The monoisotopic (exact) mass is 219 g/mol. The molecule has 0 aromatic heterocycles. The molecule has 0 spiro atoms. The predicted molar refractivity (Wildman–Crippen MR) is 59.3 cm³/mol. The molecule has 1 N–H and O–H groups in total. The highest BCUT2D eigenvalue weighted by atomic mass is 16.5. The normalized spacial score (nSPS) is 13.2. The van der Waals surface area contributed by atoms with Crippen LogP contribution in [0, 0.1) is 0 Å². The summed E-state index contributed by atoms with van der Waals surface area (Å²) in [6.45, 7) is 1.92. The summed E-state index contributed by atoms with van der Waals surface area (Å²) in [4.78, 5) is 22.4. The van der Waals surface area contributed by atoms with E-state index in [2.05, 4.69) is 5.32 Å². The van der Waals surface area contributed by atoms with Gasteiger partial charge in [-0.15, -0.1) is 0 Å². The quantitative estimate of drug-likeness (QED) is 0.623. The van der Waals surface area contributed by atoms with Crippen molar-refractivity contribution in [3.8, 4) is 5.75 Å². The summed E-state index contributed by atoms with van der Waals surface area (Å²) in [5.74, 6) is 0.250. The number of ether oxygens (including phenoxy) is 1. The molecule has 0 fully saturated rings. The third-order valence-electron chi connectivity index (χ3n) is 2.39. The number of anilines is 1. The molecular formula is C12H13NO3. The van der Waals surface area contributed by atoms with E-state index < -0.39 is 0 Å². The molecule has 2 rings (SSSR count). The lowest BCUT2D eigenvalue weighted by Gasteiger charge is -2.05. The number of rotatable bonds is 3. The zero-order valence-corrected chi connectivity index (χ0v) is 9.08. The van der Waals surface area contributed by atoms with Gasteiger partial charge in [-0.2, -0.15) is 0 Å². The number of fused-ring (bicyclic) bond motifs is 1. The van der Waals surface area contributed by atoms with Gasteiger partial charge in [-0.1, -0.05) is 6.92 Å². The van der Waals surface area contributed by atoms with Gasteiger partial charge in [0, 0.05) is 12.1 Å². The van der Waals surface area contributed by atoms with Gasteiger partial charge in [0.1, 0.15) is 5.75 Å². The third-order valence-corrected chi connectivity index (χ3v) is 2.39. The molecule has 4 heteroatoms. The second-order valence-corrected chi connectivity index (χ2v) is 3.77. The Morgan fingerprint density at radius 1 is 1.50 bits per heavy atom. The first-order valence-electron chi connectivity index (χ1n) is 5.32. The van der Waals surface area contributed by atoms with Gasteiger partial charge in [-0.25, -0.2) is 0 Å². The largest absolute Gasteiger partial charge is 0.427 e. The van der Waals surface area contributed by atoms with Gasteiger partial charge in [-0.05, 0) is 30.2 Å². The molecular weight excluding hydrogens is 206 g/mol. The maximum Gasteiger partial charge on any atom is 0.311 e. The molecule has 84 valence electrons. The van der Waals surface area contributed by atoms with E-state index in [-0.39, 0.29) is 11.9 Å². The number of nitrogens with one attached hydrogen (secondary N) is 1. The lowest BCUT2D eigenvalue weighted by atomic mass is 10.1. The fourth-order valence-electron chi connectivity index (χ4n) is 1.66. The van der Waals surface area contributed by atoms with Crippen LogP contribution in [-0.4, -0.2) is 11.9 Å². The van der Waals surface area contributed by atoms with Crippen LogP contribution in [0.1, 0.15) is 25.3 Å². The first kappa shape index (κ1) is 10.7. The maximum atomic E-state index is 11.3. The van der Waals surface area contributed by atoms with Crippen LogP contribution in [0.25, 0.3) is 0 Å². The maximum absolute atomic E-state index is 11.3. The van der Waals surface area contributed by atoms with Crippen molar-refractivity contribution in [2.45, 2.75) is 26.2 Å². The van der Waals surface area contributed by atoms with Crippen molar-refractivity contribution in [3.05, 3.63) is 23.8 Å². The van der Waals surface area contributed by atoms with Crippen LogP contribution in [0.5, 0.6) is 5.75 Å². The highest BCUT2D eigenvalue weighted by molar-refractivity contribution is 5.99. The molecule has 0 unspecified atom stereocenters. The molecule has 0 bridgehead atoms. The van der Waals surface area contributed by atoms with E-state index in [1.54, 1.807) is 18.2 Å². The average molecular weight is 219 g/mol. The summed E-state index contributed by atoms with van der Waals surface area (Å²) in [5.41, 5.74) is 1.69. The highest BCUT2D eigenvalue weighted by Gasteiger charge is 2.18. The second kappa shape index (κ2) is 4.35. The summed E-state index contributed by atoms with van der Waals surface area (Å²) in [7, 11) is 0. The topological polar surface area (TPSA) is 55.4 Å². The highest BCUT2D eigenvalue weighted by Crippen LogP contribution is 2.27. The molecule has 1 aromatic rings. The minimum Gasteiger partial charge on any atom is -0.427 e. The molecule has 1 aliphatic rings. The van der Waals surface area contributed by atoms with Crippen LogP contribution >= 0.6 is 0 Å². The van der Waals surface area contributed by atoms with E-state index >= 15 is 0 Å². The molecule has 1 amide bonds. The van der Waals surface area contributed by atoms with E-state index in [9.17, 15) is 9.59 Å². The Morgan fingerprint density at radius 2 is 2.31 bits per heavy atom. The van der Waals surface area contributed by atoms with Gasteiger partial charge < -0.3 is 10.1 Å². The Morgan fingerprint density at radius 3 is 3.06 bits per heavy atom. The Labute approximate surface area is 93.6 Å². The Kier molecular flexibility index (Phi) is 2.90. The molecule has 0 atom stereocenters. The van der Waals surface area contributed by atoms with Gasteiger partial charge >= 0.3 is 5.97 Å². The minimum atomic E-state index is -0.236. The summed E-state index contributed by atoms with van der Waals surface area (Å²) in [5, 5.41) is 2.72. The minimum absolute atomic E-state index is 0.0213. The van der Waals surface area contributed by atoms with Crippen molar-refractivity contribution < 1.29 is 14.3 Å². The number of carbonyl (C=O) groups is 2. The van der Waals surface area contributed by atoms with Crippen LogP contribution in [0.2, 0.25) is 0 Å². The van der Waals surface area contributed by atoms with E-state index in [0.717, 1.165) is 17.7 Å². The standard InChI is InChI=1S/C12H13NO3/c1-2-3-12(15)16-9-4-5-10-8(6-9)7-11(14)13-10/h4-6H,2-3,7H2,1H3,(H,13,14). The smallest absolute Gasteiger partial charge is 0.311 e. The number of esters is 1. The fourth-order valence-corrected chi connectivity index (χ4v) is 1.66. The Balaban J connectivity index is 2.10. The molecule has 16 heavy (non-hydrogen) atoms. The number of carbonyl (C=O) groups excluding carboxylic acids is 2. The lowest BCUT2D eigenvalue weighted by molar-refractivity contribution is -0.134. The molecule has 1 aromatic carbocycles. The zero-order valence-electron chi connectivity index (χ0n) is 9.08. The summed E-state index contributed by atoms with van der Waals surface area (Å²) in [6.07, 6.45) is 1.53. The Bertz CT molecular complexity index is 440. The van der Waals surface area contributed by atoms with E-state index in [4.69, 9.17) is 4.74 Å². The van der Waals surface area contributed by atoms with Gasteiger partial charge in [-0.3, -0.25) is 9.59 Å². The average Bonchev–Trinajstić information content (AvgIpc) is 2.57. The lowest BCUT2D eigenvalue weighted by Crippen LogP contribution is -2.06. The molecule has 0 saturated carbocycles. The van der Waals surface area contributed by atoms with Crippen molar-refractivity contribution in [3.63, 3.8) is 0 Å². The molecule has 4 nitrogen and oxygen atoms in total. The Hall–Kier alpha value is -1.84. The van der Waals surface area contributed by atoms with Crippen LogP contribution in [0.4, 0.5) is 5.69 Å². The van der Waals surface area contributed by atoms with Gasteiger partial charge in [0.05, 0.1) is 6.42 Å². The van der Waals surface area contributed by atoms with Gasteiger partial charge in [0.2, 0.25) is 5.91 Å². The molecule has 0 aliphatic carbocycles. The van der Waals surface area contributed by atoms with Crippen molar-refractivity contribution in [2.75, 3.05) is 5.32 Å². The molecule has 0 saturated heterocycles. The molecule has 0 radical (unpaired) electrons. The van der Waals surface area contributed by atoms with Crippen LogP contribution in [0.15, 0.2) is 18.2 Å². The SMILES string of the molecule is CCCC(=O)Oc1ccc2c(c1)CC(=O)N2. The number of amides is 1. The fraction of sp³-hybridized carbons (Fsp3) is 0.333. The predicted octanol–water partition coefficient (Wildman–Crippen LogP) is 1.89. The molecule has 1 aliphatic heterocycles. The number of hydrogen-bond donors (Lipinski definition) is 1. The first-order valence-corrected chi connectivity index (χ1v) is 5.32. The zero-order chi connectivity index (χ0) is 11.5. The van der Waals surface area contributed by atoms with Crippen molar-refractivity contribution in [1.82, 2.24) is 0 Å². The van der Waals surface area contributed by atoms with E-state index in [1.807, 2.05) is 6.92 Å². The summed E-state index contributed by atoms with van der Waals surface area (Å²) < 4.78 is 5.14. The third kappa shape index (κ3) is 2.21. The first-order chi connectivity index (χ1) is 7.69. The van der Waals surface area contributed by atoms with Crippen LogP contribution < -0.4 is 10.1 Å². The molecule has 1 heterocycles. The van der Waals surface area contributed by atoms with E-state index in [0.29, 0.717) is 18.6 Å². The van der Waals surface area contributed by atoms with Crippen LogP contribution in [-0.2, 0) is 16.0 Å². The number of hydrogen-bond acceptors (Lipinski definition) is 3. The second-order valence-electron chi connectivity index (χ2n) is 3.77. The van der Waals surface area contributed by atoms with Crippen molar-refractivity contribution in [2.24, 2.45) is 0 Å². The van der Waals surface area contributed by atoms with Crippen molar-refractivity contribution >= 4 is 17.6 Å². The van der Waals surface area contributed by atoms with Gasteiger partial charge in [0.15, 0.2) is 0 Å². The van der Waals surface area contributed by atoms with Gasteiger partial charge in [0.25, 0.3) is 0 Å². The summed E-state index contributed by atoms with van der Waals surface area (Å²) >= 11 is 0. The summed E-state index contributed by atoms with van der Waals surface area (Å²) in [6, 6.07) is 5.19. The number of benzene rings is 1. The van der Waals surface area contributed by atoms with Crippen molar-refractivity contribution in [1.29, 1.82) is 0 Å². The van der Waals surface area contributed by atoms with Crippen LogP contribution in [0.3, 0.4) is 0 Å². The van der Waals surface area contributed by atoms with E-state index in [1.165, 1.54) is 0 Å².